The molecule has 0 spiro atoms. The number of halogens is 1. The van der Waals surface area contributed by atoms with Crippen molar-refractivity contribution in [1.82, 2.24) is 0 Å². The zero-order valence-corrected chi connectivity index (χ0v) is 6.13. The number of alkyl halides is 1. The first-order valence-corrected chi connectivity index (χ1v) is 3.67. The summed E-state index contributed by atoms with van der Waals surface area (Å²) in [7, 11) is 0. The van der Waals surface area contributed by atoms with Gasteiger partial charge in [-0.25, -0.2) is 4.39 Å². The van der Waals surface area contributed by atoms with Gasteiger partial charge in [0.2, 0.25) is 0 Å². The SMILES string of the molecule is CC1C(F)C=CCC1CO. The van der Waals surface area contributed by atoms with E-state index in [-0.39, 0.29) is 18.4 Å². The molecule has 1 N–H and O–H groups in total. The predicted octanol–water partition coefficient (Wildman–Crippen LogP) is 1.53. The lowest BCUT2D eigenvalue weighted by Crippen LogP contribution is -2.26. The third-order valence-electron chi connectivity index (χ3n) is 2.24. The Balaban J connectivity index is 2.56. The molecule has 0 fully saturated rings. The van der Waals surface area contributed by atoms with E-state index < -0.39 is 6.17 Å². The molecule has 0 aromatic heterocycles. The van der Waals surface area contributed by atoms with Crippen LogP contribution in [0.2, 0.25) is 0 Å². The minimum Gasteiger partial charge on any atom is -0.396 e. The fourth-order valence-corrected chi connectivity index (χ4v) is 1.27. The smallest absolute Gasteiger partial charge is 0.121 e. The van der Waals surface area contributed by atoms with Crippen molar-refractivity contribution >= 4 is 0 Å². The molecule has 0 aliphatic heterocycles. The highest BCUT2D eigenvalue weighted by atomic mass is 19.1. The zero-order valence-electron chi connectivity index (χ0n) is 6.13. The van der Waals surface area contributed by atoms with Gasteiger partial charge in [-0.3, -0.25) is 0 Å². The van der Waals surface area contributed by atoms with E-state index >= 15 is 0 Å². The Morgan fingerprint density at radius 2 is 2.40 bits per heavy atom. The van der Waals surface area contributed by atoms with Gasteiger partial charge in [-0.05, 0) is 18.3 Å². The van der Waals surface area contributed by atoms with Gasteiger partial charge < -0.3 is 5.11 Å². The lowest BCUT2D eigenvalue weighted by Gasteiger charge is -2.25. The molecule has 10 heavy (non-hydrogen) atoms. The fourth-order valence-electron chi connectivity index (χ4n) is 1.27. The van der Waals surface area contributed by atoms with Crippen LogP contribution in [0.15, 0.2) is 12.2 Å². The van der Waals surface area contributed by atoms with Crippen molar-refractivity contribution in [3.63, 3.8) is 0 Å². The molecule has 0 aromatic carbocycles. The van der Waals surface area contributed by atoms with E-state index in [4.69, 9.17) is 5.11 Å². The van der Waals surface area contributed by atoms with E-state index in [1.54, 1.807) is 6.08 Å². The number of aliphatic hydroxyl groups excluding tert-OH is 1. The molecule has 1 nitrogen and oxygen atoms in total. The number of rotatable bonds is 1. The molecule has 1 aliphatic carbocycles. The maximum Gasteiger partial charge on any atom is 0.121 e. The first-order valence-electron chi connectivity index (χ1n) is 3.67. The Morgan fingerprint density at radius 1 is 1.70 bits per heavy atom. The van der Waals surface area contributed by atoms with E-state index in [2.05, 4.69) is 0 Å². The number of allylic oxidation sites excluding steroid dienone is 2. The van der Waals surface area contributed by atoms with E-state index in [1.165, 1.54) is 0 Å². The number of hydrogen-bond acceptors (Lipinski definition) is 1. The monoisotopic (exact) mass is 144 g/mol. The van der Waals surface area contributed by atoms with Crippen LogP contribution in [0.25, 0.3) is 0 Å². The first-order chi connectivity index (χ1) is 4.75. The van der Waals surface area contributed by atoms with Crippen molar-refractivity contribution in [2.24, 2.45) is 11.8 Å². The van der Waals surface area contributed by atoms with Crippen molar-refractivity contribution in [1.29, 1.82) is 0 Å². The van der Waals surface area contributed by atoms with Crippen LogP contribution in [0.5, 0.6) is 0 Å². The van der Waals surface area contributed by atoms with Crippen molar-refractivity contribution in [2.45, 2.75) is 19.5 Å². The van der Waals surface area contributed by atoms with Gasteiger partial charge in [-0.2, -0.15) is 0 Å². The average Bonchev–Trinajstić information content (AvgIpc) is 1.95. The Morgan fingerprint density at radius 3 is 2.90 bits per heavy atom. The molecular formula is C8H13FO. The van der Waals surface area contributed by atoms with Crippen molar-refractivity contribution in [3.8, 4) is 0 Å². The van der Waals surface area contributed by atoms with Crippen LogP contribution in [-0.2, 0) is 0 Å². The Hall–Kier alpha value is -0.370. The summed E-state index contributed by atoms with van der Waals surface area (Å²) in [5.74, 6) is 0.106. The summed E-state index contributed by atoms with van der Waals surface area (Å²) in [5, 5.41) is 8.78. The van der Waals surface area contributed by atoms with E-state index in [9.17, 15) is 4.39 Å². The molecule has 1 aliphatic rings. The summed E-state index contributed by atoms with van der Waals surface area (Å²) in [6.45, 7) is 1.95. The lowest BCUT2D eigenvalue weighted by molar-refractivity contribution is 0.133. The second-order valence-electron chi connectivity index (χ2n) is 2.91. The zero-order chi connectivity index (χ0) is 7.56. The molecule has 0 saturated heterocycles. The molecule has 3 atom stereocenters. The van der Waals surface area contributed by atoms with E-state index in [1.807, 2.05) is 13.0 Å². The second-order valence-corrected chi connectivity index (χ2v) is 2.91. The average molecular weight is 144 g/mol. The van der Waals surface area contributed by atoms with Crippen LogP contribution in [0.4, 0.5) is 4.39 Å². The van der Waals surface area contributed by atoms with Crippen LogP contribution >= 0.6 is 0 Å². The standard InChI is InChI=1S/C8H13FO/c1-6-7(5-10)3-2-4-8(6)9/h2,4,6-8,10H,3,5H2,1H3. The molecule has 0 radical (unpaired) electrons. The highest BCUT2D eigenvalue weighted by Crippen LogP contribution is 2.26. The van der Waals surface area contributed by atoms with Gasteiger partial charge in [-0.15, -0.1) is 0 Å². The summed E-state index contributed by atoms with van der Waals surface area (Å²) in [6, 6.07) is 0. The van der Waals surface area contributed by atoms with Gasteiger partial charge in [0.05, 0.1) is 0 Å². The van der Waals surface area contributed by atoms with Crippen LogP contribution in [-0.4, -0.2) is 17.9 Å². The highest BCUT2D eigenvalue weighted by Gasteiger charge is 2.25. The topological polar surface area (TPSA) is 20.2 Å². The van der Waals surface area contributed by atoms with Crippen molar-refractivity contribution < 1.29 is 9.50 Å². The molecule has 3 unspecified atom stereocenters. The van der Waals surface area contributed by atoms with Crippen LogP contribution in [0, 0.1) is 11.8 Å². The minimum absolute atomic E-state index is 0.0185. The van der Waals surface area contributed by atoms with Gasteiger partial charge >= 0.3 is 0 Å². The first kappa shape index (κ1) is 7.73. The minimum atomic E-state index is -0.856. The molecule has 0 amide bonds. The number of hydrogen-bond donors (Lipinski definition) is 1. The third-order valence-corrected chi connectivity index (χ3v) is 2.24. The Kier molecular flexibility index (Phi) is 2.44. The molecule has 0 aromatic rings. The van der Waals surface area contributed by atoms with Crippen LogP contribution in [0.1, 0.15) is 13.3 Å². The summed E-state index contributed by atoms with van der Waals surface area (Å²) in [6.07, 6.45) is 3.35. The largest absolute Gasteiger partial charge is 0.396 e. The van der Waals surface area contributed by atoms with Gasteiger partial charge in [0.15, 0.2) is 0 Å². The summed E-state index contributed by atoms with van der Waals surface area (Å²) in [4.78, 5) is 0. The van der Waals surface area contributed by atoms with Gasteiger partial charge in [0.1, 0.15) is 6.17 Å². The lowest BCUT2D eigenvalue weighted by atomic mass is 9.84. The predicted molar refractivity (Wildman–Crippen MR) is 38.4 cm³/mol. The van der Waals surface area contributed by atoms with Crippen LogP contribution in [0.3, 0.4) is 0 Å². The van der Waals surface area contributed by atoms with Crippen LogP contribution < -0.4 is 0 Å². The summed E-state index contributed by atoms with van der Waals surface area (Å²) >= 11 is 0. The maximum atomic E-state index is 12.8. The molecule has 0 saturated carbocycles. The molecular weight excluding hydrogens is 131 g/mol. The van der Waals surface area contributed by atoms with Gasteiger partial charge in [0, 0.05) is 6.61 Å². The Bertz CT molecular complexity index is 133. The van der Waals surface area contributed by atoms with Crippen molar-refractivity contribution in [2.75, 3.05) is 6.61 Å². The maximum absolute atomic E-state index is 12.8. The van der Waals surface area contributed by atoms with E-state index in [0.717, 1.165) is 6.42 Å². The molecule has 58 valence electrons. The third kappa shape index (κ3) is 1.37. The highest BCUT2D eigenvalue weighted by molar-refractivity contribution is 4.99. The Labute approximate surface area is 60.6 Å². The molecule has 0 bridgehead atoms. The molecule has 1 rings (SSSR count). The molecule has 2 heteroatoms. The quantitative estimate of drug-likeness (QED) is 0.553. The number of aliphatic hydroxyl groups is 1. The van der Waals surface area contributed by atoms with Crippen molar-refractivity contribution in [3.05, 3.63) is 12.2 Å². The normalized spacial score (nSPS) is 40.1. The van der Waals surface area contributed by atoms with E-state index in [0.29, 0.717) is 0 Å². The fraction of sp³-hybridized carbons (Fsp3) is 0.750. The second kappa shape index (κ2) is 3.15. The van der Waals surface area contributed by atoms with Gasteiger partial charge in [-0.1, -0.05) is 19.1 Å². The summed E-state index contributed by atoms with van der Waals surface area (Å²) < 4.78 is 12.8. The summed E-state index contributed by atoms with van der Waals surface area (Å²) in [5.41, 5.74) is 0. The molecule has 0 heterocycles. The van der Waals surface area contributed by atoms with Gasteiger partial charge in [0.25, 0.3) is 0 Å².